The SMILES string of the molecule is CCOC(=O)C(=O)CC(=O)/C=C/c1ccc(N)cc1F. The maximum atomic E-state index is 13.4. The molecule has 5 nitrogen and oxygen atoms in total. The van der Waals surface area contributed by atoms with Gasteiger partial charge >= 0.3 is 5.97 Å². The third-order valence-electron chi connectivity index (χ3n) is 2.31. The highest BCUT2D eigenvalue weighted by Crippen LogP contribution is 2.13. The van der Waals surface area contributed by atoms with Crippen molar-refractivity contribution in [1.29, 1.82) is 0 Å². The molecule has 1 rings (SSSR count). The molecule has 0 fully saturated rings. The molecule has 20 heavy (non-hydrogen) atoms. The Bertz CT molecular complexity index is 566. The van der Waals surface area contributed by atoms with Crippen molar-refractivity contribution in [3.05, 3.63) is 35.7 Å². The summed E-state index contributed by atoms with van der Waals surface area (Å²) in [5.41, 5.74) is 5.81. The van der Waals surface area contributed by atoms with Crippen LogP contribution >= 0.6 is 0 Å². The molecule has 0 unspecified atom stereocenters. The predicted molar refractivity (Wildman–Crippen MR) is 71.1 cm³/mol. The van der Waals surface area contributed by atoms with Gasteiger partial charge in [-0.05, 0) is 37.3 Å². The Balaban J connectivity index is 2.64. The quantitative estimate of drug-likeness (QED) is 0.280. The van der Waals surface area contributed by atoms with Crippen LogP contribution in [0.5, 0.6) is 0 Å². The maximum Gasteiger partial charge on any atom is 0.375 e. The van der Waals surface area contributed by atoms with E-state index in [0.29, 0.717) is 0 Å². The van der Waals surface area contributed by atoms with Gasteiger partial charge in [0.15, 0.2) is 5.78 Å². The van der Waals surface area contributed by atoms with E-state index in [2.05, 4.69) is 4.74 Å². The Morgan fingerprint density at radius 3 is 2.65 bits per heavy atom. The third kappa shape index (κ3) is 4.64. The van der Waals surface area contributed by atoms with E-state index in [1.807, 2.05) is 0 Å². The summed E-state index contributed by atoms with van der Waals surface area (Å²) in [7, 11) is 0. The lowest BCUT2D eigenvalue weighted by atomic mass is 10.1. The second kappa shape index (κ2) is 7.18. The average Bonchev–Trinajstić information content (AvgIpc) is 2.37. The highest BCUT2D eigenvalue weighted by molar-refractivity contribution is 6.37. The van der Waals surface area contributed by atoms with Crippen molar-refractivity contribution >= 4 is 29.3 Å². The summed E-state index contributed by atoms with van der Waals surface area (Å²) in [6.07, 6.45) is 1.65. The largest absolute Gasteiger partial charge is 0.460 e. The molecule has 0 bridgehead atoms. The van der Waals surface area contributed by atoms with E-state index in [0.717, 1.165) is 12.1 Å². The number of hydrogen-bond donors (Lipinski definition) is 1. The van der Waals surface area contributed by atoms with Crippen LogP contribution in [0.1, 0.15) is 18.9 Å². The minimum Gasteiger partial charge on any atom is -0.460 e. The standard InChI is InChI=1S/C14H14FNO4/c1-2-20-14(19)13(18)8-11(17)6-4-9-3-5-10(16)7-12(9)15/h3-7H,2,8,16H2,1H3/b6-4+. The first-order valence-corrected chi connectivity index (χ1v) is 5.90. The zero-order chi connectivity index (χ0) is 15.1. The van der Waals surface area contributed by atoms with Gasteiger partial charge in [0.2, 0.25) is 5.78 Å². The van der Waals surface area contributed by atoms with Crippen LogP contribution < -0.4 is 5.73 Å². The molecule has 1 aromatic rings. The number of esters is 1. The second-order valence-electron chi connectivity index (χ2n) is 3.90. The number of ether oxygens (including phenoxy) is 1. The first kappa shape index (κ1) is 15.6. The fourth-order valence-electron chi connectivity index (χ4n) is 1.36. The van der Waals surface area contributed by atoms with Crippen LogP contribution in [0.25, 0.3) is 6.08 Å². The summed E-state index contributed by atoms with van der Waals surface area (Å²) in [4.78, 5) is 33.7. The van der Waals surface area contributed by atoms with E-state index in [9.17, 15) is 18.8 Å². The molecule has 0 aliphatic rings. The summed E-state index contributed by atoms with van der Waals surface area (Å²) < 4.78 is 17.9. The zero-order valence-corrected chi connectivity index (χ0v) is 10.9. The van der Waals surface area contributed by atoms with E-state index in [4.69, 9.17) is 5.73 Å². The first-order chi connectivity index (χ1) is 9.43. The smallest absolute Gasteiger partial charge is 0.375 e. The Hall–Kier alpha value is -2.50. The van der Waals surface area contributed by atoms with Crippen molar-refractivity contribution in [3.63, 3.8) is 0 Å². The number of rotatable bonds is 6. The van der Waals surface area contributed by atoms with Crippen molar-refractivity contribution in [1.82, 2.24) is 0 Å². The van der Waals surface area contributed by atoms with Gasteiger partial charge in [0.1, 0.15) is 5.82 Å². The molecule has 0 radical (unpaired) electrons. The van der Waals surface area contributed by atoms with E-state index < -0.39 is 29.8 Å². The van der Waals surface area contributed by atoms with Crippen LogP contribution in [0, 0.1) is 5.82 Å². The monoisotopic (exact) mass is 279 g/mol. The number of benzene rings is 1. The number of carbonyl (C=O) groups excluding carboxylic acids is 3. The van der Waals surface area contributed by atoms with Gasteiger partial charge in [-0.1, -0.05) is 0 Å². The van der Waals surface area contributed by atoms with Crippen LogP contribution in [0.2, 0.25) is 0 Å². The van der Waals surface area contributed by atoms with Gasteiger partial charge < -0.3 is 10.5 Å². The lowest BCUT2D eigenvalue weighted by Crippen LogP contribution is -2.19. The summed E-state index contributed by atoms with van der Waals surface area (Å²) in [6, 6.07) is 4.01. The van der Waals surface area contributed by atoms with Gasteiger partial charge in [-0.25, -0.2) is 9.18 Å². The number of anilines is 1. The third-order valence-corrected chi connectivity index (χ3v) is 2.31. The second-order valence-corrected chi connectivity index (χ2v) is 3.90. The Morgan fingerprint density at radius 1 is 1.35 bits per heavy atom. The Morgan fingerprint density at radius 2 is 2.05 bits per heavy atom. The summed E-state index contributed by atoms with van der Waals surface area (Å²) in [6.45, 7) is 1.61. The fourth-order valence-corrected chi connectivity index (χ4v) is 1.36. The van der Waals surface area contributed by atoms with Crippen molar-refractivity contribution in [2.75, 3.05) is 12.3 Å². The normalized spacial score (nSPS) is 10.5. The number of halogens is 1. The number of carbonyl (C=O) groups is 3. The molecule has 2 N–H and O–H groups in total. The van der Waals surface area contributed by atoms with Crippen LogP contribution in [0.3, 0.4) is 0 Å². The Kier molecular flexibility index (Phi) is 5.58. The van der Waals surface area contributed by atoms with E-state index in [1.54, 1.807) is 6.92 Å². The predicted octanol–water partition coefficient (Wildman–Crippen LogP) is 1.51. The van der Waals surface area contributed by atoms with Crippen LogP contribution in [0.15, 0.2) is 24.3 Å². The number of nitrogens with two attached hydrogens (primary N) is 1. The molecule has 0 aliphatic heterocycles. The zero-order valence-electron chi connectivity index (χ0n) is 10.9. The van der Waals surface area contributed by atoms with E-state index in [-0.39, 0.29) is 17.9 Å². The van der Waals surface area contributed by atoms with Crippen molar-refractivity contribution in [2.24, 2.45) is 0 Å². The van der Waals surface area contributed by atoms with Gasteiger partial charge in [-0.3, -0.25) is 9.59 Å². The van der Waals surface area contributed by atoms with Crippen molar-refractivity contribution in [2.45, 2.75) is 13.3 Å². The van der Waals surface area contributed by atoms with Gasteiger partial charge in [0.05, 0.1) is 13.0 Å². The van der Waals surface area contributed by atoms with E-state index >= 15 is 0 Å². The average molecular weight is 279 g/mol. The molecule has 1 aromatic carbocycles. The minimum absolute atomic E-state index is 0.0608. The fraction of sp³-hybridized carbons (Fsp3) is 0.214. The highest BCUT2D eigenvalue weighted by atomic mass is 19.1. The molecular weight excluding hydrogens is 265 g/mol. The molecule has 0 saturated heterocycles. The minimum atomic E-state index is -1.05. The molecule has 0 heterocycles. The van der Waals surface area contributed by atoms with Gasteiger partial charge in [0, 0.05) is 11.3 Å². The molecule has 0 spiro atoms. The summed E-state index contributed by atoms with van der Waals surface area (Å²) in [5.74, 6) is -3.17. The van der Waals surface area contributed by atoms with Gasteiger partial charge in [-0.2, -0.15) is 0 Å². The van der Waals surface area contributed by atoms with Gasteiger partial charge in [-0.15, -0.1) is 0 Å². The van der Waals surface area contributed by atoms with E-state index in [1.165, 1.54) is 18.2 Å². The maximum absolute atomic E-state index is 13.4. The molecule has 0 amide bonds. The molecule has 0 saturated carbocycles. The van der Waals surface area contributed by atoms with Crippen molar-refractivity contribution in [3.8, 4) is 0 Å². The molecule has 6 heteroatoms. The number of allylic oxidation sites excluding steroid dienone is 1. The molecule has 0 atom stereocenters. The van der Waals surface area contributed by atoms with Gasteiger partial charge in [0.25, 0.3) is 0 Å². The Labute approximate surface area is 115 Å². The number of hydrogen-bond acceptors (Lipinski definition) is 5. The number of ketones is 2. The van der Waals surface area contributed by atoms with Crippen LogP contribution in [-0.4, -0.2) is 24.1 Å². The molecule has 0 aliphatic carbocycles. The molecule has 106 valence electrons. The highest BCUT2D eigenvalue weighted by Gasteiger charge is 2.17. The van der Waals surface area contributed by atoms with Crippen molar-refractivity contribution < 1.29 is 23.5 Å². The lowest BCUT2D eigenvalue weighted by molar-refractivity contribution is -0.154. The van der Waals surface area contributed by atoms with Crippen LogP contribution in [-0.2, 0) is 19.1 Å². The summed E-state index contributed by atoms with van der Waals surface area (Å²) >= 11 is 0. The lowest BCUT2D eigenvalue weighted by Gasteiger charge is -1.99. The first-order valence-electron chi connectivity index (χ1n) is 5.90. The van der Waals surface area contributed by atoms with Crippen LogP contribution in [0.4, 0.5) is 10.1 Å². The summed E-state index contributed by atoms with van der Waals surface area (Å²) in [5, 5.41) is 0. The number of Topliss-reactive ketones (excluding diaryl/α,β-unsaturated/α-hetero) is 1. The molecular formula is C14H14FNO4. The molecule has 0 aromatic heterocycles. The number of nitrogen functional groups attached to an aromatic ring is 1. The topological polar surface area (TPSA) is 86.5 Å².